The summed E-state index contributed by atoms with van der Waals surface area (Å²) < 4.78 is 13.1. The van der Waals surface area contributed by atoms with Gasteiger partial charge in [0.1, 0.15) is 11.5 Å². The molecule has 0 bridgehead atoms. The summed E-state index contributed by atoms with van der Waals surface area (Å²) in [5, 5.41) is 12.1. The number of benzene rings is 2. The topological polar surface area (TPSA) is 78.3 Å². The van der Waals surface area contributed by atoms with Gasteiger partial charge in [0.15, 0.2) is 11.0 Å². The Hall–Kier alpha value is -3.00. The molecule has 1 fully saturated rings. The highest BCUT2D eigenvalue weighted by Crippen LogP contribution is 2.27. The molecule has 1 heterocycles. The van der Waals surface area contributed by atoms with Gasteiger partial charge in [-0.2, -0.15) is 0 Å². The van der Waals surface area contributed by atoms with E-state index in [2.05, 4.69) is 15.5 Å². The highest BCUT2D eigenvalue weighted by molar-refractivity contribution is 7.99. The number of rotatable bonds is 8. The first-order valence-corrected chi connectivity index (χ1v) is 11.3. The minimum atomic E-state index is -0.104. The standard InChI is InChI=1S/C23H26N4O3S/c1-27-22(16-7-11-20(12-8-16)30-19-5-3-4-6-19)25-26-23(27)31-15-21(28)24-17-9-13-18(29-2)14-10-17/h7-14,19H,3-6,15H2,1-2H3,(H,24,28). The van der Waals surface area contributed by atoms with Crippen LogP contribution < -0.4 is 14.8 Å². The number of carbonyl (C=O) groups is 1. The van der Waals surface area contributed by atoms with E-state index >= 15 is 0 Å². The van der Waals surface area contributed by atoms with Gasteiger partial charge in [-0.1, -0.05) is 11.8 Å². The number of amides is 1. The Morgan fingerprint density at radius 2 is 1.74 bits per heavy atom. The van der Waals surface area contributed by atoms with Crippen LogP contribution in [0.2, 0.25) is 0 Å². The van der Waals surface area contributed by atoms with Crippen molar-refractivity contribution in [2.75, 3.05) is 18.2 Å². The SMILES string of the molecule is COc1ccc(NC(=O)CSc2nnc(-c3ccc(OC4CCCC4)cc3)n2C)cc1. The summed E-state index contributed by atoms with van der Waals surface area (Å²) in [5.41, 5.74) is 1.69. The fraction of sp³-hybridized carbons (Fsp3) is 0.348. The van der Waals surface area contributed by atoms with Crippen molar-refractivity contribution < 1.29 is 14.3 Å². The average molecular weight is 439 g/mol. The first-order chi connectivity index (χ1) is 15.1. The summed E-state index contributed by atoms with van der Waals surface area (Å²) in [5.74, 6) is 2.53. The zero-order valence-electron chi connectivity index (χ0n) is 17.7. The number of thioether (sulfide) groups is 1. The van der Waals surface area contributed by atoms with E-state index in [-0.39, 0.29) is 11.7 Å². The van der Waals surface area contributed by atoms with Crippen molar-refractivity contribution in [1.29, 1.82) is 0 Å². The lowest BCUT2D eigenvalue weighted by molar-refractivity contribution is -0.113. The number of aromatic nitrogens is 3. The maximum absolute atomic E-state index is 12.3. The number of methoxy groups -OCH3 is 1. The van der Waals surface area contributed by atoms with Crippen molar-refractivity contribution in [3.05, 3.63) is 48.5 Å². The van der Waals surface area contributed by atoms with Gasteiger partial charge in [-0.25, -0.2) is 0 Å². The maximum Gasteiger partial charge on any atom is 0.234 e. The molecule has 0 radical (unpaired) electrons. The lowest BCUT2D eigenvalue weighted by Crippen LogP contribution is -2.14. The third-order valence-electron chi connectivity index (χ3n) is 5.26. The molecule has 162 valence electrons. The quantitative estimate of drug-likeness (QED) is 0.520. The number of nitrogens with zero attached hydrogens (tertiary/aromatic N) is 3. The minimum Gasteiger partial charge on any atom is -0.497 e. The summed E-state index contributed by atoms with van der Waals surface area (Å²) in [7, 11) is 3.51. The molecule has 0 atom stereocenters. The van der Waals surface area contributed by atoms with Crippen molar-refractivity contribution >= 4 is 23.4 Å². The summed E-state index contributed by atoms with van der Waals surface area (Å²) in [6.45, 7) is 0. The number of nitrogens with one attached hydrogen (secondary N) is 1. The number of hydrogen-bond acceptors (Lipinski definition) is 6. The molecule has 0 saturated heterocycles. The van der Waals surface area contributed by atoms with Gasteiger partial charge in [0, 0.05) is 18.3 Å². The summed E-state index contributed by atoms with van der Waals surface area (Å²) in [6, 6.07) is 15.2. The molecule has 0 unspecified atom stereocenters. The number of hydrogen-bond donors (Lipinski definition) is 1. The molecule has 7 nitrogen and oxygen atoms in total. The van der Waals surface area contributed by atoms with Crippen LogP contribution in [0.1, 0.15) is 25.7 Å². The first kappa shape index (κ1) is 21.2. The van der Waals surface area contributed by atoms with Crippen molar-refractivity contribution in [3.8, 4) is 22.9 Å². The molecule has 1 amide bonds. The molecule has 2 aromatic carbocycles. The maximum atomic E-state index is 12.3. The van der Waals surface area contributed by atoms with Gasteiger partial charge in [0.2, 0.25) is 5.91 Å². The summed E-state index contributed by atoms with van der Waals surface area (Å²) in [4.78, 5) is 12.3. The fourth-order valence-electron chi connectivity index (χ4n) is 3.57. The van der Waals surface area contributed by atoms with Crippen LogP contribution in [0.25, 0.3) is 11.4 Å². The Labute approximate surface area is 186 Å². The van der Waals surface area contributed by atoms with Crippen molar-refractivity contribution in [2.24, 2.45) is 7.05 Å². The van der Waals surface area contributed by atoms with Crippen LogP contribution >= 0.6 is 11.8 Å². The van der Waals surface area contributed by atoms with Crippen molar-refractivity contribution in [2.45, 2.75) is 36.9 Å². The van der Waals surface area contributed by atoms with Crippen LogP contribution in [-0.2, 0) is 11.8 Å². The van der Waals surface area contributed by atoms with E-state index in [1.165, 1.54) is 24.6 Å². The largest absolute Gasteiger partial charge is 0.497 e. The van der Waals surface area contributed by atoms with Crippen LogP contribution in [-0.4, -0.2) is 39.6 Å². The third kappa shape index (κ3) is 5.38. The molecule has 3 aromatic rings. The third-order valence-corrected chi connectivity index (χ3v) is 6.28. The van der Waals surface area contributed by atoms with E-state index in [0.717, 1.165) is 41.4 Å². The van der Waals surface area contributed by atoms with E-state index in [4.69, 9.17) is 9.47 Å². The van der Waals surface area contributed by atoms with Crippen LogP contribution in [0.3, 0.4) is 0 Å². The predicted octanol–water partition coefficient (Wildman–Crippen LogP) is 4.54. The van der Waals surface area contributed by atoms with Gasteiger partial charge in [-0.15, -0.1) is 10.2 Å². The Kier molecular flexibility index (Phi) is 6.76. The number of anilines is 1. The van der Waals surface area contributed by atoms with Crippen LogP contribution in [0.5, 0.6) is 11.5 Å². The van der Waals surface area contributed by atoms with E-state index in [1.54, 1.807) is 7.11 Å². The van der Waals surface area contributed by atoms with Gasteiger partial charge < -0.3 is 19.4 Å². The monoisotopic (exact) mass is 438 g/mol. The molecule has 4 rings (SSSR count). The predicted molar refractivity (Wildman–Crippen MR) is 122 cm³/mol. The molecular formula is C23H26N4O3S. The lowest BCUT2D eigenvalue weighted by atomic mass is 10.2. The molecule has 0 aliphatic heterocycles. The molecule has 1 aliphatic carbocycles. The van der Waals surface area contributed by atoms with E-state index in [1.807, 2.05) is 60.1 Å². The molecule has 1 saturated carbocycles. The number of carbonyl (C=O) groups excluding carboxylic acids is 1. The van der Waals surface area contributed by atoms with Crippen molar-refractivity contribution in [1.82, 2.24) is 14.8 Å². The fourth-order valence-corrected chi connectivity index (χ4v) is 4.29. The number of ether oxygens (including phenoxy) is 2. The van der Waals surface area contributed by atoms with Gasteiger partial charge in [-0.3, -0.25) is 4.79 Å². The summed E-state index contributed by atoms with van der Waals surface area (Å²) >= 11 is 1.35. The summed E-state index contributed by atoms with van der Waals surface area (Å²) in [6.07, 6.45) is 5.11. The molecule has 31 heavy (non-hydrogen) atoms. The molecule has 1 aromatic heterocycles. The highest BCUT2D eigenvalue weighted by Gasteiger charge is 2.17. The van der Waals surface area contributed by atoms with Crippen LogP contribution in [0, 0.1) is 0 Å². The molecule has 1 aliphatic rings. The Morgan fingerprint density at radius 3 is 2.42 bits per heavy atom. The smallest absolute Gasteiger partial charge is 0.234 e. The Morgan fingerprint density at radius 1 is 1.06 bits per heavy atom. The first-order valence-electron chi connectivity index (χ1n) is 10.4. The second-order valence-corrected chi connectivity index (χ2v) is 8.42. The van der Waals surface area contributed by atoms with Crippen LogP contribution in [0.15, 0.2) is 53.7 Å². The lowest BCUT2D eigenvalue weighted by Gasteiger charge is -2.13. The average Bonchev–Trinajstić information content (AvgIpc) is 3.43. The van der Waals surface area contributed by atoms with Gasteiger partial charge in [-0.05, 0) is 74.2 Å². The van der Waals surface area contributed by atoms with E-state index in [9.17, 15) is 4.79 Å². The molecular weight excluding hydrogens is 412 g/mol. The second kappa shape index (κ2) is 9.87. The van der Waals surface area contributed by atoms with Gasteiger partial charge in [0.25, 0.3) is 0 Å². The van der Waals surface area contributed by atoms with E-state index in [0.29, 0.717) is 11.3 Å². The second-order valence-electron chi connectivity index (χ2n) is 7.48. The Balaban J connectivity index is 1.33. The zero-order valence-corrected chi connectivity index (χ0v) is 18.5. The minimum absolute atomic E-state index is 0.104. The highest BCUT2D eigenvalue weighted by atomic mass is 32.2. The Bertz CT molecular complexity index is 1010. The molecule has 1 N–H and O–H groups in total. The normalized spacial score (nSPS) is 13.9. The zero-order chi connectivity index (χ0) is 21.6. The van der Waals surface area contributed by atoms with E-state index < -0.39 is 0 Å². The van der Waals surface area contributed by atoms with Gasteiger partial charge in [0.05, 0.1) is 19.0 Å². The molecule has 0 spiro atoms. The van der Waals surface area contributed by atoms with Crippen LogP contribution in [0.4, 0.5) is 5.69 Å². The van der Waals surface area contributed by atoms with Gasteiger partial charge >= 0.3 is 0 Å². The molecule has 8 heteroatoms. The van der Waals surface area contributed by atoms with Crippen molar-refractivity contribution in [3.63, 3.8) is 0 Å².